The second-order valence-corrected chi connectivity index (χ2v) is 6.42. The number of hydrogen-bond donors (Lipinski definition) is 0. The third kappa shape index (κ3) is 4.89. The fraction of sp³-hybridized carbons (Fsp3) is 0.100. The van der Waals surface area contributed by atoms with Gasteiger partial charge in [0.2, 0.25) is 0 Å². The first-order valence-corrected chi connectivity index (χ1v) is 8.61. The molecule has 8 heteroatoms. The van der Waals surface area contributed by atoms with E-state index in [1.54, 1.807) is 49.3 Å². The first-order valence-electron chi connectivity index (χ1n) is 8.24. The summed E-state index contributed by atoms with van der Waals surface area (Å²) in [5.74, 6) is -0.136. The topological polar surface area (TPSA) is 67.7 Å². The lowest BCUT2D eigenvalue weighted by Gasteiger charge is -2.08. The Labute approximate surface area is 166 Å². The normalized spacial score (nSPS) is 10.9. The standard InChI is InChI=1S/C20H16ClFN4O2/c1-26(2)12-24-20(27)17-9-10-23-19(25-17)13-3-6-15(7-4-13)28-18-8-5-14(21)11-16(18)22/h3-12H,1-2H3. The van der Waals surface area contributed by atoms with Gasteiger partial charge in [-0.3, -0.25) is 4.79 Å². The van der Waals surface area contributed by atoms with E-state index in [2.05, 4.69) is 15.0 Å². The molecule has 3 aromatic rings. The highest BCUT2D eigenvalue weighted by Crippen LogP contribution is 2.28. The van der Waals surface area contributed by atoms with Crippen molar-refractivity contribution in [3.8, 4) is 22.9 Å². The number of rotatable bonds is 5. The van der Waals surface area contributed by atoms with Crippen LogP contribution in [0.4, 0.5) is 4.39 Å². The molecule has 1 amide bonds. The van der Waals surface area contributed by atoms with E-state index in [0.29, 0.717) is 22.2 Å². The molecule has 142 valence electrons. The first-order chi connectivity index (χ1) is 13.4. The van der Waals surface area contributed by atoms with Gasteiger partial charge in [-0.05, 0) is 48.5 Å². The Morgan fingerprint density at radius 1 is 1.18 bits per heavy atom. The quantitative estimate of drug-likeness (QED) is 0.469. The van der Waals surface area contributed by atoms with Crippen molar-refractivity contribution >= 4 is 23.8 Å². The number of aromatic nitrogens is 2. The molecule has 0 aliphatic heterocycles. The van der Waals surface area contributed by atoms with Crippen molar-refractivity contribution in [3.63, 3.8) is 0 Å². The van der Waals surface area contributed by atoms with E-state index in [-0.39, 0.29) is 11.4 Å². The summed E-state index contributed by atoms with van der Waals surface area (Å²) < 4.78 is 19.4. The molecule has 1 heterocycles. The van der Waals surface area contributed by atoms with Crippen LogP contribution in [0.5, 0.6) is 11.5 Å². The zero-order chi connectivity index (χ0) is 20.1. The van der Waals surface area contributed by atoms with E-state index in [9.17, 15) is 9.18 Å². The van der Waals surface area contributed by atoms with Crippen LogP contribution in [0.25, 0.3) is 11.4 Å². The van der Waals surface area contributed by atoms with Crippen molar-refractivity contribution in [1.29, 1.82) is 0 Å². The number of benzene rings is 2. The van der Waals surface area contributed by atoms with Crippen LogP contribution in [0.1, 0.15) is 10.5 Å². The van der Waals surface area contributed by atoms with Crippen molar-refractivity contribution in [2.45, 2.75) is 0 Å². The predicted octanol–water partition coefficient (Wildman–Crippen LogP) is 4.46. The summed E-state index contributed by atoms with van der Waals surface area (Å²) in [5, 5.41) is 0.293. The average Bonchev–Trinajstić information content (AvgIpc) is 2.69. The van der Waals surface area contributed by atoms with Gasteiger partial charge in [0.25, 0.3) is 5.91 Å². The number of carbonyl (C=O) groups excluding carboxylic acids is 1. The zero-order valence-electron chi connectivity index (χ0n) is 15.1. The summed E-state index contributed by atoms with van der Waals surface area (Å²) in [6.45, 7) is 0. The maximum Gasteiger partial charge on any atom is 0.297 e. The van der Waals surface area contributed by atoms with Crippen LogP contribution in [0, 0.1) is 5.82 Å². The lowest BCUT2D eigenvalue weighted by atomic mass is 10.2. The van der Waals surface area contributed by atoms with Crippen LogP contribution >= 0.6 is 11.6 Å². The number of amides is 1. The number of ether oxygens (including phenoxy) is 1. The minimum atomic E-state index is -0.551. The van der Waals surface area contributed by atoms with Gasteiger partial charge in [0.1, 0.15) is 11.4 Å². The number of halogens is 2. The van der Waals surface area contributed by atoms with E-state index in [0.717, 1.165) is 0 Å². The molecule has 0 fully saturated rings. The highest BCUT2D eigenvalue weighted by atomic mass is 35.5. The molecule has 0 bridgehead atoms. The van der Waals surface area contributed by atoms with Crippen LogP contribution in [0.3, 0.4) is 0 Å². The Morgan fingerprint density at radius 2 is 1.93 bits per heavy atom. The van der Waals surface area contributed by atoms with Gasteiger partial charge in [-0.1, -0.05) is 11.6 Å². The third-order valence-electron chi connectivity index (χ3n) is 3.51. The molecule has 0 saturated heterocycles. The van der Waals surface area contributed by atoms with Crippen molar-refractivity contribution in [3.05, 3.63) is 71.3 Å². The molecule has 1 aromatic heterocycles. The van der Waals surface area contributed by atoms with Crippen LogP contribution in [0.15, 0.2) is 59.7 Å². The van der Waals surface area contributed by atoms with Gasteiger partial charge in [-0.2, -0.15) is 4.99 Å². The van der Waals surface area contributed by atoms with Crippen LogP contribution in [0.2, 0.25) is 5.02 Å². The van der Waals surface area contributed by atoms with Gasteiger partial charge in [-0.15, -0.1) is 0 Å². The van der Waals surface area contributed by atoms with Crippen LogP contribution < -0.4 is 4.74 Å². The van der Waals surface area contributed by atoms with Crippen LogP contribution in [-0.2, 0) is 0 Å². The molecule has 0 spiro atoms. The van der Waals surface area contributed by atoms with Crippen molar-refractivity contribution < 1.29 is 13.9 Å². The summed E-state index contributed by atoms with van der Waals surface area (Å²) in [6.07, 6.45) is 2.90. The molecule has 0 aliphatic rings. The maximum absolute atomic E-state index is 13.8. The highest BCUT2D eigenvalue weighted by molar-refractivity contribution is 6.30. The largest absolute Gasteiger partial charge is 0.454 e. The summed E-state index contributed by atoms with van der Waals surface area (Å²) in [5.41, 5.74) is 0.863. The summed E-state index contributed by atoms with van der Waals surface area (Å²) in [7, 11) is 3.53. The Bertz CT molecular complexity index is 1020. The summed E-state index contributed by atoms with van der Waals surface area (Å²) >= 11 is 5.73. The number of carbonyl (C=O) groups is 1. The lowest BCUT2D eigenvalue weighted by Crippen LogP contribution is -2.10. The molecule has 0 N–H and O–H groups in total. The van der Waals surface area contributed by atoms with Crippen LogP contribution in [-0.4, -0.2) is 41.2 Å². The maximum atomic E-state index is 13.8. The van der Waals surface area contributed by atoms with E-state index in [1.165, 1.54) is 30.7 Å². The molecule has 6 nitrogen and oxygen atoms in total. The molecular weight excluding hydrogens is 383 g/mol. The van der Waals surface area contributed by atoms with Gasteiger partial charge in [0, 0.05) is 30.9 Å². The van der Waals surface area contributed by atoms with Crippen molar-refractivity contribution in [2.24, 2.45) is 4.99 Å². The minimum absolute atomic E-state index is 0.0692. The van der Waals surface area contributed by atoms with Gasteiger partial charge >= 0.3 is 0 Å². The first kappa shape index (κ1) is 19.4. The monoisotopic (exact) mass is 398 g/mol. The number of hydrogen-bond acceptors (Lipinski definition) is 4. The molecular formula is C20H16ClFN4O2. The smallest absolute Gasteiger partial charge is 0.297 e. The molecule has 0 atom stereocenters. The zero-order valence-corrected chi connectivity index (χ0v) is 15.9. The fourth-order valence-electron chi connectivity index (χ4n) is 2.21. The summed E-state index contributed by atoms with van der Waals surface area (Å²) in [4.78, 5) is 26.0. The Balaban J connectivity index is 1.78. The predicted molar refractivity (Wildman–Crippen MR) is 105 cm³/mol. The highest BCUT2D eigenvalue weighted by Gasteiger charge is 2.10. The Kier molecular flexibility index (Phi) is 5.96. The second kappa shape index (κ2) is 8.58. The fourth-order valence-corrected chi connectivity index (χ4v) is 2.37. The van der Waals surface area contributed by atoms with Crippen molar-refractivity contribution in [2.75, 3.05) is 14.1 Å². The van der Waals surface area contributed by atoms with Gasteiger partial charge in [0.15, 0.2) is 17.4 Å². The Morgan fingerprint density at radius 3 is 2.61 bits per heavy atom. The third-order valence-corrected chi connectivity index (χ3v) is 3.75. The molecule has 0 unspecified atom stereocenters. The molecule has 0 radical (unpaired) electrons. The lowest BCUT2D eigenvalue weighted by molar-refractivity contribution is 0.0997. The van der Waals surface area contributed by atoms with E-state index < -0.39 is 11.7 Å². The van der Waals surface area contributed by atoms with E-state index in [1.807, 2.05) is 0 Å². The SMILES string of the molecule is CN(C)C=NC(=O)c1ccnc(-c2ccc(Oc3ccc(Cl)cc3F)cc2)n1. The molecule has 0 aliphatic carbocycles. The van der Waals surface area contributed by atoms with Gasteiger partial charge in [-0.25, -0.2) is 14.4 Å². The molecule has 3 rings (SSSR count). The molecule has 0 saturated carbocycles. The van der Waals surface area contributed by atoms with E-state index in [4.69, 9.17) is 16.3 Å². The van der Waals surface area contributed by atoms with Gasteiger partial charge < -0.3 is 9.64 Å². The number of aliphatic imine (C=N–C) groups is 1. The van der Waals surface area contributed by atoms with E-state index >= 15 is 0 Å². The number of nitrogens with zero attached hydrogens (tertiary/aromatic N) is 4. The molecule has 2 aromatic carbocycles. The molecule has 28 heavy (non-hydrogen) atoms. The van der Waals surface area contributed by atoms with Gasteiger partial charge in [0.05, 0.1) is 6.34 Å². The average molecular weight is 399 g/mol. The van der Waals surface area contributed by atoms with Crippen molar-refractivity contribution in [1.82, 2.24) is 14.9 Å². The Hall–Kier alpha value is -3.32. The summed E-state index contributed by atoms with van der Waals surface area (Å²) in [6, 6.07) is 12.4. The second-order valence-electron chi connectivity index (χ2n) is 5.98. The minimum Gasteiger partial charge on any atom is -0.454 e.